The number of hydrogen-bond donors (Lipinski definition) is 0. The number of aromatic nitrogens is 2. The van der Waals surface area contributed by atoms with Crippen LogP contribution in [0.3, 0.4) is 0 Å². The first kappa shape index (κ1) is 13.9. The largest absolute Gasteiger partial charge is 0.284 e. The zero-order valence-electron chi connectivity index (χ0n) is 14.1. The second kappa shape index (κ2) is 3.95. The summed E-state index contributed by atoms with van der Waals surface area (Å²) in [4.78, 5) is 13.1. The molecular weight excluding hydrogens is 272 g/mol. The lowest BCUT2D eigenvalue weighted by molar-refractivity contribution is 0.218. The van der Waals surface area contributed by atoms with Crippen LogP contribution in [0, 0.1) is 12.3 Å². The third kappa shape index (κ3) is 1.35. The van der Waals surface area contributed by atoms with Crippen LogP contribution < -0.4 is 5.56 Å². The van der Waals surface area contributed by atoms with E-state index in [4.69, 9.17) is 0 Å². The van der Waals surface area contributed by atoms with E-state index < -0.39 is 0 Å². The van der Waals surface area contributed by atoms with Gasteiger partial charge in [0.05, 0.1) is 11.4 Å². The van der Waals surface area contributed by atoms with E-state index in [0.29, 0.717) is 5.92 Å². The molecule has 22 heavy (non-hydrogen) atoms. The Morgan fingerprint density at radius 3 is 2.36 bits per heavy atom. The van der Waals surface area contributed by atoms with Crippen LogP contribution in [0.5, 0.6) is 0 Å². The zero-order valence-corrected chi connectivity index (χ0v) is 14.1. The normalized spacial score (nSPS) is 28.1. The summed E-state index contributed by atoms with van der Waals surface area (Å²) in [6.07, 6.45) is 2.33. The molecule has 2 atom stereocenters. The lowest BCUT2D eigenvalue weighted by Crippen LogP contribution is -2.35. The van der Waals surface area contributed by atoms with Crippen LogP contribution in [-0.4, -0.2) is 9.36 Å². The van der Waals surface area contributed by atoms with E-state index in [1.54, 1.807) is 0 Å². The van der Waals surface area contributed by atoms with Crippen molar-refractivity contribution in [3.8, 4) is 5.69 Å². The van der Waals surface area contributed by atoms with Gasteiger partial charge in [-0.2, -0.15) is 0 Å². The van der Waals surface area contributed by atoms with Gasteiger partial charge in [0.1, 0.15) is 0 Å². The van der Waals surface area contributed by atoms with Gasteiger partial charge >= 0.3 is 0 Å². The van der Waals surface area contributed by atoms with Crippen molar-refractivity contribution in [3.05, 3.63) is 51.4 Å². The summed E-state index contributed by atoms with van der Waals surface area (Å²) in [5.74, 6) is 0.401. The van der Waals surface area contributed by atoms with Crippen LogP contribution in [-0.2, 0) is 12.5 Å². The third-order valence-electron chi connectivity index (χ3n) is 6.68. The second-order valence-corrected chi connectivity index (χ2v) is 7.88. The van der Waals surface area contributed by atoms with Crippen molar-refractivity contribution >= 4 is 0 Å². The van der Waals surface area contributed by atoms with Gasteiger partial charge in [0.15, 0.2) is 0 Å². The summed E-state index contributed by atoms with van der Waals surface area (Å²) in [6.45, 7) is 9.08. The highest BCUT2D eigenvalue weighted by Crippen LogP contribution is 2.66. The van der Waals surface area contributed by atoms with E-state index in [0.717, 1.165) is 17.7 Å². The Kier molecular flexibility index (Phi) is 2.49. The van der Waals surface area contributed by atoms with Gasteiger partial charge in [-0.3, -0.25) is 9.48 Å². The van der Waals surface area contributed by atoms with Crippen LogP contribution in [0.25, 0.3) is 5.69 Å². The van der Waals surface area contributed by atoms with Crippen LogP contribution in [0.2, 0.25) is 0 Å². The van der Waals surface area contributed by atoms with Gasteiger partial charge in [-0.25, -0.2) is 4.68 Å². The van der Waals surface area contributed by atoms with Gasteiger partial charge in [0, 0.05) is 18.0 Å². The number of aryl methyl sites for hydroxylation is 1. The second-order valence-electron chi connectivity index (χ2n) is 7.88. The molecule has 2 aliphatic rings. The van der Waals surface area contributed by atoms with Crippen LogP contribution >= 0.6 is 0 Å². The van der Waals surface area contributed by atoms with Crippen molar-refractivity contribution in [1.82, 2.24) is 9.36 Å². The Morgan fingerprint density at radius 2 is 1.77 bits per heavy atom. The Morgan fingerprint density at radius 1 is 1.14 bits per heavy atom. The summed E-state index contributed by atoms with van der Waals surface area (Å²) < 4.78 is 3.97. The number of nitrogens with zero attached hydrogens (tertiary/aromatic N) is 2. The molecule has 1 fully saturated rings. The molecule has 0 unspecified atom stereocenters. The Bertz CT molecular complexity index is 822. The van der Waals surface area contributed by atoms with Crippen molar-refractivity contribution in [1.29, 1.82) is 0 Å². The zero-order chi connectivity index (χ0) is 15.9. The molecule has 1 aromatic carbocycles. The van der Waals surface area contributed by atoms with Gasteiger partial charge in [0.2, 0.25) is 0 Å². The number of rotatable bonds is 1. The highest BCUT2D eigenvalue weighted by atomic mass is 16.1. The van der Waals surface area contributed by atoms with Gasteiger partial charge in [-0.15, -0.1) is 0 Å². The van der Waals surface area contributed by atoms with Crippen molar-refractivity contribution in [2.45, 2.75) is 51.9 Å². The quantitative estimate of drug-likeness (QED) is 0.789. The van der Waals surface area contributed by atoms with E-state index in [2.05, 4.69) is 44.5 Å². The minimum Gasteiger partial charge on any atom is -0.284 e. The van der Waals surface area contributed by atoms with E-state index >= 15 is 0 Å². The standard InChI is InChI=1S/C19H24N2O/c1-12-6-8-13(9-7-12)21-17(22)15-14-10-11-19(4,18(14,2)3)16(15)20(21)5/h6-9,14H,10-11H2,1-5H3/t14-,19+/m1/s1. The monoisotopic (exact) mass is 296 g/mol. The highest BCUT2D eigenvalue weighted by molar-refractivity contribution is 5.47. The fraction of sp³-hybridized carbons (Fsp3) is 0.526. The maximum Gasteiger partial charge on any atom is 0.275 e. The highest BCUT2D eigenvalue weighted by Gasteiger charge is 2.62. The Labute approximate surface area is 131 Å². The number of benzene rings is 1. The lowest BCUT2D eigenvalue weighted by atomic mass is 9.70. The van der Waals surface area contributed by atoms with E-state index in [1.807, 2.05) is 23.9 Å². The van der Waals surface area contributed by atoms with E-state index in [9.17, 15) is 4.79 Å². The van der Waals surface area contributed by atoms with Gasteiger partial charge in [-0.05, 0) is 43.2 Å². The fourth-order valence-corrected chi connectivity index (χ4v) is 5.00. The topological polar surface area (TPSA) is 26.9 Å². The van der Waals surface area contributed by atoms with E-state index in [-0.39, 0.29) is 16.4 Å². The molecule has 3 nitrogen and oxygen atoms in total. The Hall–Kier alpha value is -1.77. The molecule has 0 N–H and O–H groups in total. The molecule has 2 bridgehead atoms. The first-order valence-corrected chi connectivity index (χ1v) is 8.18. The molecule has 0 spiro atoms. The fourth-order valence-electron chi connectivity index (χ4n) is 5.00. The molecule has 0 saturated heterocycles. The van der Waals surface area contributed by atoms with Gasteiger partial charge in [0.25, 0.3) is 5.56 Å². The SMILES string of the molecule is Cc1ccc(-n2c(=O)c3c(n2C)[C@]2(C)CC[C@H]3C2(C)C)cc1. The predicted octanol–water partition coefficient (Wildman–Crippen LogP) is 3.66. The molecule has 2 aliphatic carbocycles. The van der Waals surface area contributed by atoms with Crippen molar-refractivity contribution in [2.24, 2.45) is 12.5 Å². The third-order valence-corrected chi connectivity index (χ3v) is 6.68. The lowest BCUT2D eigenvalue weighted by Gasteiger charge is -2.36. The van der Waals surface area contributed by atoms with Crippen LogP contribution in [0.4, 0.5) is 0 Å². The molecule has 1 heterocycles. The maximum atomic E-state index is 13.1. The van der Waals surface area contributed by atoms with Crippen LogP contribution in [0.15, 0.2) is 29.1 Å². The number of hydrogen-bond acceptors (Lipinski definition) is 1. The minimum atomic E-state index is 0.108. The average Bonchev–Trinajstić information content (AvgIpc) is 2.92. The van der Waals surface area contributed by atoms with Crippen molar-refractivity contribution in [3.63, 3.8) is 0 Å². The van der Waals surface area contributed by atoms with Gasteiger partial charge in [-0.1, -0.05) is 38.5 Å². The van der Waals surface area contributed by atoms with Crippen molar-refractivity contribution < 1.29 is 0 Å². The summed E-state index contributed by atoms with van der Waals surface area (Å²) in [5.41, 5.74) is 4.99. The summed E-state index contributed by atoms with van der Waals surface area (Å²) >= 11 is 0. The average molecular weight is 296 g/mol. The molecule has 3 heteroatoms. The smallest absolute Gasteiger partial charge is 0.275 e. The molecule has 1 saturated carbocycles. The molecule has 116 valence electrons. The summed E-state index contributed by atoms with van der Waals surface area (Å²) in [6, 6.07) is 8.23. The summed E-state index contributed by atoms with van der Waals surface area (Å²) in [5, 5.41) is 0. The van der Waals surface area contributed by atoms with E-state index in [1.165, 1.54) is 17.7 Å². The molecule has 1 aromatic heterocycles. The number of fused-ring (bicyclic) bond motifs is 5. The van der Waals surface area contributed by atoms with Crippen molar-refractivity contribution in [2.75, 3.05) is 0 Å². The first-order valence-electron chi connectivity index (χ1n) is 8.18. The molecule has 2 aromatic rings. The Balaban J connectivity index is 2.00. The predicted molar refractivity (Wildman–Crippen MR) is 88.9 cm³/mol. The maximum absolute atomic E-state index is 13.1. The molecular formula is C19H24N2O. The first-order chi connectivity index (χ1) is 10.3. The molecule has 0 radical (unpaired) electrons. The molecule has 0 amide bonds. The minimum absolute atomic E-state index is 0.108. The molecule has 0 aliphatic heterocycles. The van der Waals surface area contributed by atoms with Crippen LogP contribution in [0.1, 0.15) is 56.4 Å². The molecule has 4 rings (SSSR count). The summed E-state index contributed by atoms with van der Waals surface area (Å²) in [7, 11) is 2.04. The van der Waals surface area contributed by atoms with Gasteiger partial charge < -0.3 is 0 Å².